The Hall–Kier alpha value is -3.88. The number of rotatable bonds is 12. The molecule has 8 nitrogen and oxygen atoms in total. The molecule has 8 heteroatoms. The third-order valence-electron chi connectivity index (χ3n) is 6.83. The molecule has 2 heterocycles. The number of benzene rings is 3. The highest BCUT2D eigenvalue weighted by atomic mass is 16.5. The van der Waals surface area contributed by atoms with Gasteiger partial charge in [0.1, 0.15) is 37.9 Å². The van der Waals surface area contributed by atoms with Gasteiger partial charge >= 0.3 is 11.9 Å². The molecule has 210 valence electrons. The molecule has 0 amide bonds. The lowest BCUT2D eigenvalue weighted by molar-refractivity contribution is 0.0471. The number of carbonyl (C=O) groups is 2. The summed E-state index contributed by atoms with van der Waals surface area (Å²) in [5, 5.41) is 0. The molecule has 0 aliphatic carbocycles. The normalized spacial score (nSPS) is 18.3. The standard InChI is InChI=1S/C32H34O8/c33-31(25-8-12-27(13-9-25)37-21-29-6-2-16-35-29)39-19-23-4-1-5-24(18-23)20-40-32(34)26-10-14-28(15-11-26)38-22-30-7-3-17-36-30/h1,4-5,8-15,18,29-30H,2-3,6-7,16-17,19-22H2/t29-,30-/m0/s1. The van der Waals surface area contributed by atoms with Crippen LogP contribution in [0.15, 0.2) is 72.8 Å². The summed E-state index contributed by atoms with van der Waals surface area (Å²) >= 11 is 0. The van der Waals surface area contributed by atoms with Crippen LogP contribution in [0.4, 0.5) is 0 Å². The Morgan fingerprint density at radius 3 is 1.50 bits per heavy atom. The molecule has 2 aliphatic rings. The molecule has 0 aromatic heterocycles. The smallest absolute Gasteiger partial charge is 0.338 e. The maximum absolute atomic E-state index is 12.5. The van der Waals surface area contributed by atoms with Crippen molar-refractivity contribution >= 4 is 11.9 Å². The third kappa shape index (κ3) is 8.07. The Balaban J connectivity index is 1.04. The molecule has 0 saturated carbocycles. The van der Waals surface area contributed by atoms with E-state index < -0.39 is 11.9 Å². The van der Waals surface area contributed by atoms with Gasteiger partial charge in [-0.1, -0.05) is 18.2 Å². The zero-order chi connectivity index (χ0) is 27.6. The first-order valence-corrected chi connectivity index (χ1v) is 13.7. The van der Waals surface area contributed by atoms with E-state index in [9.17, 15) is 9.59 Å². The zero-order valence-electron chi connectivity index (χ0n) is 22.4. The number of hydrogen-bond donors (Lipinski definition) is 0. The van der Waals surface area contributed by atoms with Crippen LogP contribution in [0, 0.1) is 0 Å². The average Bonchev–Trinajstić information content (AvgIpc) is 3.72. The van der Waals surface area contributed by atoms with E-state index in [0.717, 1.165) is 50.0 Å². The van der Waals surface area contributed by atoms with Crippen molar-refractivity contribution in [3.8, 4) is 11.5 Å². The van der Waals surface area contributed by atoms with Crippen molar-refractivity contribution in [2.75, 3.05) is 26.4 Å². The number of ether oxygens (including phenoxy) is 6. The van der Waals surface area contributed by atoms with Crippen molar-refractivity contribution in [3.05, 3.63) is 95.1 Å². The summed E-state index contributed by atoms with van der Waals surface area (Å²) in [7, 11) is 0. The first-order valence-electron chi connectivity index (χ1n) is 13.7. The second-order valence-electron chi connectivity index (χ2n) is 9.91. The van der Waals surface area contributed by atoms with Gasteiger partial charge in [-0.2, -0.15) is 0 Å². The van der Waals surface area contributed by atoms with Crippen molar-refractivity contribution in [3.63, 3.8) is 0 Å². The maximum atomic E-state index is 12.5. The lowest BCUT2D eigenvalue weighted by Crippen LogP contribution is -2.16. The van der Waals surface area contributed by atoms with E-state index in [0.29, 0.717) is 35.8 Å². The van der Waals surface area contributed by atoms with Crippen LogP contribution in [0.2, 0.25) is 0 Å². The second-order valence-corrected chi connectivity index (χ2v) is 9.91. The van der Waals surface area contributed by atoms with Crippen LogP contribution in [0.1, 0.15) is 57.5 Å². The van der Waals surface area contributed by atoms with Crippen LogP contribution < -0.4 is 9.47 Å². The Labute approximate surface area is 234 Å². The summed E-state index contributed by atoms with van der Waals surface area (Å²) in [4.78, 5) is 25.0. The summed E-state index contributed by atoms with van der Waals surface area (Å²) < 4.78 is 33.6. The summed E-state index contributed by atoms with van der Waals surface area (Å²) in [6.07, 6.45) is 4.42. The average molecular weight is 547 g/mol. The molecule has 0 unspecified atom stereocenters. The topological polar surface area (TPSA) is 89.5 Å². The van der Waals surface area contributed by atoms with Crippen molar-refractivity contribution in [2.24, 2.45) is 0 Å². The molecule has 5 rings (SSSR count). The Kier molecular flexibility index (Phi) is 9.66. The molecule has 2 fully saturated rings. The summed E-state index contributed by atoms with van der Waals surface area (Å²) in [5.41, 5.74) is 2.48. The molecule has 3 aromatic carbocycles. The van der Waals surface area contributed by atoms with Gasteiger partial charge in [-0.15, -0.1) is 0 Å². The van der Waals surface area contributed by atoms with E-state index >= 15 is 0 Å². The Morgan fingerprint density at radius 1 is 0.650 bits per heavy atom. The van der Waals surface area contributed by atoms with Gasteiger partial charge in [-0.05, 0) is 91.4 Å². The highest BCUT2D eigenvalue weighted by Crippen LogP contribution is 2.19. The minimum Gasteiger partial charge on any atom is -0.491 e. The van der Waals surface area contributed by atoms with Crippen molar-refractivity contribution in [1.82, 2.24) is 0 Å². The number of carbonyl (C=O) groups excluding carboxylic acids is 2. The van der Waals surface area contributed by atoms with E-state index in [4.69, 9.17) is 28.4 Å². The number of hydrogen-bond acceptors (Lipinski definition) is 8. The predicted molar refractivity (Wildman–Crippen MR) is 147 cm³/mol. The fourth-order valence-electron chi connectivity index (χ4n) is 4.58. The second kappa shape index (κ2) is 14.0. The monoisotopic (exact) mass is 546 g/mol. The molecule has 40 heavy (non-hydrogen) atoms. The zero-order valence-corrected chi connectivity index (χ0v) is 22.4. The quantitative estimate of drug-likeness (QED) is 0.275. The van der Waals surface area contributed by atoms with Crippen LogP contribution in [-0.2, 0) is 32.2 Å². The summed E-state index contributed by atoms with van der Waals surface area (Å²) in [6, 6.07) is 21.2. The van der Waals surface area contributed by atoms with Crippen molar-refractivity contribution in [2.45, 2.75) is 51.1 Å². The Bertz CT molecular complexity index is 1150. The van der Waals surface area contributed by atoms with E-state index in [1.165, 1.54) is 0 Å². The minimum absolute atomic E-state index is 0.102. The summed E-state index contributed by atoms with van der Waals surface area (Å²) in [6.45, 7) is 2.79. The number of esters is 2. The van der Waals surface area contributed by atoms with E-state index in [1.54, 1.807) is 48.5 Å². The SMILES string of the molecule is O=C(OCc1cccc(COC(=O)c2ccc(OC[C@@H]3CCCO3)cc2)c1)c1ccc(OC[C@@H]2CCCO2)cc1. The first-order chi connectivity index (χ1) is 19.6. The molecule has 0 radical (unpaired) electrons. The maximum Gasteiger partial charge on any atom is 0.338 e. The minimum atomic E-state index is -0.425. The van der Waals surface area contributed by atoms with Crippen molar-refractivity contribution < 1.29 is 38.0 Å². The first kappa shape index (κ1) is 27.7. The fraction of sp³-hybridized carbons (Fsp3) is 0.375. The van der Waals surface area contributed by atoms with E-state index in [1.807, 2.05) is 24.3 Å². The van der Waals surface area contributed by atoms with Crippen LogP contribution in [0.25, 0.3) is 0 Å². The van der Waals surface area contributed by atoms with Gasteiger partial charge in [0.15, 0.2) is 0 Å². The largest absolute Gasteiger partial charge is 0.491 e. The summed E-state index contributed by atoms with van der Waals surface area (Å²) in [5.74, 6) is 0.525. The van der Waals surface area contributed by atoms with E-state index in [-0.39, 0.29) is 25.4 Å². The van der Waals surface area contributed by atoms with Crippen molar-refractivity contribution in [1.29, 1.82) is 0 Å². The molecular weight excluding hydrogens is 512 g/mol. The fourth-order valence-corrected chi connectivity index (χ4v) is 4.58. The molecule has 2 saturated heterocycles. The van der Waals surface area contributed by atoms with Gasteiger partial charge < -0.3 is 28.4 Å². The van der Waals surface area contributed by atoms with Gasteiger partial charge in [0.25, 0.3) is 0 Å². The van der Waals surface area contributed by atoms with Gasteiger partial charge in [-0.3, -0.25) is 0 Å². The third-order valence-corrected chi connectivity index (χ3v) is 6.83. The predicted octanol–water partition coefficient (Wildman–Crippen LogP) is 5.52. The van der Waals surface area contributed by atoms with Gasteiger partial charge in [0.05, 0.1) is 23.3 Å². The molecule has 2 aliphatic heterocycles. The lowest BCUT2D eigenvalue weighted by Gasteiger charge is -2.12. The van der Waals surface area contributed by atoms with E-state index in [2.05, 4.69) is 0 Å². The van der Waals surface area contributed by atoms with Gasteiger partial charge in [0.2, 0.25) is 0 Å². The Morgan fingerprint density at radius 2 is 1.10 bits per heavy atom. The highest BCUT2D eigenvalue weighted by molar-refractivity contribution is 5.90. The van der Waals surface area contributed by atoms with Crippen LogP contribution in [0.3, 0.4) is 0 Å². The molecule has 0 bridgehead atoms. The van der Waals surface area contributed by atoms with Crippen LogP contribution in [-0.4, -0.2) is 50.6 Å². The highest BCUT2D eigenvalue weighted by Gasteiger charge is 2.17. The van der Waals surface area contributed by atoms with Crippen LogP contribution >= 0.6 is 0 Å². The molecule has 3 aromatic rings. The lowest BCUT2D eigenvalue weighted by atomic mass is 10.1. The van der Waals surface area contributed by atoms with Gasteiger partial charge in [0, 0.05) is 13.2 Å². The van der Waals surface area contributed by atoms with Crippen LogP contribution in [0.5, 0.6) is 11.5 Å². The van der Waals surface area contributed by atoms with Gasteiger partial charge in [-0.25, -0.2) is 9.59 Å². The molecule has 2 atom stereocenters. The molecular formula is C32H34O8. The molecule has 0 N–H and O–H groups in total. The molecule has 0 spiro atoms.